The number of esters is 1. The van der Waals surface area contributed by atoms with E-state index in [1.165, 1.54) is 32.5 Å². The van der Waals surface area contributed by atoms with Crippen LogP contribution in [0.2, 0.25) is 0 Å². The number of nitrogens with zero attached hydrogens (tertiary/aromatic N) is 2. The number of hydrogen-bond donors (Lipinski definition) is 0. The molecule has 7 nitrogen and oxygen atoms in total. The normalized spacial score (nSPS) is 11.6. The maximum atomic E-state index is 13.2. The highest BCUT2D eigenvalue weighted by Gasteiger charge is 2.19. The Morgan fingerprint density at radius 3 is 2.26 bits per heavy atom. The molecule has 4 rings (SSSR count). The van der Waals surface area contributed by atoms with E-state index in [1.54, 1.807) is 54.6 Å². The van der Waals surface area contributed by atoms with Crippen molar-refractivity contribution in [2.75, 3.05) is 18.5 Å². The largest absolute Gasteiger partial charge is 0.755 e. The average molecular weight is 498 g/mol. The summed E-state index contributed by atoms with van der Waals surface area (Å²) in [4.78, 5) is 16.0. The van der Waals surface area contributed by atoms with Gasteiger partial charge in [0.2, 0.25) is 0 Å². The second-order valence-corrected chi connectivity index (χ2v) is 8.79. The third-order valence-electron chi connectivity index (χ3n) is 4.97. The number of ether oxygens (including phenoxy) is 2. The standard InChI is InChI=1S/C24H19FN2O5S2/c1-31-21-13-18(15-3-5-17(6-4-15)24(28)32-2)9-12-20(21)27(34(29)30)22-14-26-23(33-22)16-7-10-19(25)11-8-16/h3-14H,1-2H3,(H,29,30)/p-1. The molecule has 0 saturated heterocycles. The van der Waals surface area contributed by atoms with Crippen molar-refractivity contribution in [2.24, 2.45) is 0 Å². The van der Waals surface area contributed by atoms with Crippen molar-refractivity contribution in [1.82, 2.24) is 4.98 Å². The summed E-state index contributed by atoms with van der Waals surface area (Å²) in [6.45, 7) is 0. The molecule has 34 heavy (non-hydrogen) atoms. The molecule has 174 valence electrons. The van der Waals surface area contributed by atoms with Crippen LogP contribution in [-0.4, -0.2) is 33.9 Å². The van der Waals surface area contributed by atoms with Gasteiger partial charge in [-0.15, -0.1) is 0 Å². The van der Waals surface area contributed by atoms with Gasteiger partial charge in [0.15, 0.2) is 0 Å². The molecule has 1 unspecified atom stereocenters. The zero-order valence-electron chi connectivity index (χ0n) is 18.1. The summed E-state index contributed by atoms with van der Waals surface area (Å²) in [5.41, 5.74) is 2.98. The lowest BCUT2D eigenvalue weighted by Crippen LogP contribution is -2.19. The van der Waals surface area contributed by atoms with Crippen LogP contribution in [0.1, 0.15) is 10.4 Å². The van der Waals surface area contributed by atoms with Crippen LogP contribution in [0.25, 0.3) is 21.7 Å². The molecule has 0 aliphatic heterocycles. The lowest BCUT2D eigenvalue weighted by atomic mass is 10.0. The van der Waals surface area contributed by atoms with Crippen LogP contribution in [0.3, 0.4) is 0 Å². The monoisotopic (exact) mass is 497 g/mol. The lowest BCUT2D eigenvalue weighted by Gasteiger charge is -2.26. The molecule has 1 aromatic heterocycles. The zero-order chi connectivity index (χ0) is 24.2. The van der Waals surface area contributed by atoms with Crippen LogP contribution in [-0.2, 0) is 16.0 Å². The fraction of sp³-hybridized carbons (Fsp3) is 0.0833. The number of carbonyl (C=O) groups is 1. The van der Waals surface area contributed by atoms with Gasteiger partial charge in [0.05, 0.1) is 42.9 Å². The van der Waals surface area contributed by atoms with Gasteiger partial charge in [-0.3, -0.25) is 8.51 Å². The Labute approximate surface area is 201 Å². The molecule has 1 atom stereocenters. The highest BCUT2D eigenvalue weighted by Crippen LogP contribution is 2.41. The molecule has 0 spiro atoms. The predicted molar refractivity (Wildman–Crippen MR) is 128 cm³/mol. The Morgan fingerprint density at radius 1 is 1.00 bits per heavy atom. The van der Waals surface area contributed by atoms with Crippen LogP contribution < -0.4 is 9.04 Å². The van der Waals surface area contributed by atoms with Gasteiger partial charge in [0.1, 0.15) is 21.6 Å². The van der Waals surface area contributed by atoms with E-state index in [-0.39, 0.29) is 5.82 Å². The van der Waals surface area contributed by atoms with E-state index in [2.05, 4.69) is 4.98 Å². The summed E-state index contributed by atoms with van der Waals surface area (Å²) in [5, 5.41) is 0.896. The second kappa shape index (κ2) is 10.1. The Balaban J connectivity index is 1.68. The maximum absolute atomic E-state index is 13.2. The minimum absolute atomic E-state index is 0.306. The van der Waals surface area contributed by atoms with E-state index >= 15 is 0 Å². The van der Waals surface area contributed by atoms with Gasteiger partial charge in [-0.05, 0) is 59.7 Å². The minimum Gasteiger partial charge on any atom is -0.755 e. The highest BCUT2D eigenvalue weighted by molar-refractivity contribution is 7.81. The molecule has 0 aliphatic rings. The molecule has 0 bridgehead atoms. The second-order valence-electron chi connectivity index (χ2n) is 6.98. The quantitative estimate of drug-likeness (QED) is 0.253. The third kappa shape index (κ3) is 4.84. The number of carbonyl (C=O) groups excluding carboxylic acids is 1. The van der Waals surface area contributed by atoms with Gasteiger partial charge in [-0.25, -0.2) is 14.2 Å². The first-order chi connectivity index (χ1) is 16.4. The van der Waals surface area contributed by atoms with E-state index in [0.717, 1.165) is 26.8 Å². The van der Waals surface area contributed by atoms with E-state index in [1.807, 2.05) is 0 Å². The molecule has 0 N–H and O–H groups in total. The van der Waals surface area contributed by atoms with Gasteiger partial charge < -0.3 is 14.0 Å². The maximum Gasteiger partial charge on any atom is 0.337 e. The first-order valence-electron chi connectivity index (χ1n) is 9.89. The highest BCUT2D eigenvalue weighted by atomic mass is 32.2. The van der Waals surface area contributed by atoms with Crippen LogP contribution >= 0.6 is 11.3 Å². The molecule has 0 amide bonds. The molecular formula is C24H18FN2O5S2-. The molecular weight excluding hydrogens is 479 g/mol. The van der Waals surface area contributed by atoms with E-state index in [9.17, 15) is 17.9 Å². The molecule has 0 aliphatic carbocycles. The Morgan fingerprint density at radius 2 is 1.65 bits per heavy atom. The van der Waals surface area contributed by atoms with Gasteiger partial charge in [-0.2, -0.15) is 0 Å². The molecule has 3 aromatic carbocycles. The predicted octanol–water partition coefficient (Wildman–Crippen LogP) is 5.34. The fourth-order valence-electron chi connectivity index (χ4n) is 3.30. The van der Waals surface area contributed by atoms with Crippen molar-refractivity contribution >= 4 is 39.3 Å². The smallest absolute Gasteiger partial charge is 0.337 e. The fourth-order valence-corrected chi connectivity index (χ4v) is 4.94. The molecule has 0 fully saturated rings. The Kier molecular flexibility index (Phi) is 7.01. The Hall–Kier alpha value is -3.60. The summed E-state index contributed by atoms with van der Waals surface area (Å²) in [6.07, 6.45) is 1.44. The van der Waals surface area contributed by atoms with Gasteiger partial charge >= 0.3 is 5.97 Å². The molecule has 10 heteroatoms. The number of hydrogen-bond acceptors (Lipinski definition) is 7. The summed E-state index contributed by atoms with van der Waals surface area (Å²) in [6, 6.07) is 17.7. The summed E-state index contributed by atoms with van der Waals surface area (Å²) < 4.78 is 48.9. The van der Waals surface area contributed by atoms with Crippen LogP contribution in [0.5, 0.6) is 5.75 Å². The molecule has 4 aromatic rings. The van der Waals surface area contributed by atoms with E-state index in [0.29, 0.717) is 32.6 Å². The number of thiazole rings is 1. The first kappa shape index (κ1) is 23.6. The SMILES string of the molecule is COC(=O)c1ccc(-c2ccc(N(c3cnc(-c4ccc(F)cc4)s3)S(=O)[O-])c(OC)c2)cc1. The van der Waals surface area contributed by atoms with Crippen molar-refractivity contribution in [3.8, 4) is 27.4 Å². The number of aromatic nitrogens is 1. The number of halogens is 1. The number of methoxy groups -OCH3 is 2. The van der Waals surface area contributed by atoms with Crippen molar-refractivity contribution in [1.29, 1.82) is 0 Å². The lowest BCUT2D eigenvalue weighted by molar-refractivity contribution is 0.0600. The first-order valence-corrected chi connectivity index (χ1v) is 11.7. The van der Waals surface area contributed by atoms with Crippen molar-refractivity contribution < 1.29 is 27.4 Å². The van der Waals surface area contributed by atoms with Crippen LogP contribution in [0.4, 0.5) is 15.1 Å². The van der Waals surface area contributed by atoms with E-state index < -0.39 is 17.2 Å². The van der Waals surface area contributed by atoms with Gasteiger partial charge in [-0.1, -0.05) is 29.5 Å². The molecule has 1 heterocycles. The minimum atomic E-state index is -2.66. The summed E-state index contributed by atoms with van der Waals surface area (Å²) in [7, 11) is 2.77. The van der Waals surface area contributed by atoms with Crippen molar-refractivity contribution in [3.05, 3.63) is 84.3 Å². The van der Waals surface area contributed by atoms with Crippen molar-refractivity contribution in [3.63, 3.8) is 0 Å². The summed E-state index contributed by atoms with van der Waals surface area (Å²) in [5.74, 6) is -0.472. The number of benzene rings is 3. The van der Waals surface area contributed by atoms with Gasteiger partial charge in [0.25, 0.3) is 0 Å². The third-order valence-corrected chi connectivity index (χ3v) is 6.81. The molecule has 0 saturated carbocycles. The van der Waals surface area contributed by atoms with Crippen LogP contribution in [0, 0.1) is 5.82 Å². The number of anilines is 2. The summed E-state index contributed by atoms with van der Waals surface area (Å²) >= 11 is -1.51. The van der Waals surface area contributed by atoms with Gasteiger partial charge in [0, 0.05) is 5.56 Å². The zero-order valence-corrected chi connectivity index (χ0v) is 19.7. The average Bonchev–Trinajstić information content (AvgIpc) is 3.33. The van der Waals surface area contributed by atoms with Crippen molar-refractivity contribution in [2.45, 2.75) is 0 Å². The number of rotatable bonds is 7. The van der Waals surface area contributed by atoms with Crippen LogP contribution in [0.15, 0.2) is 72.9 Å². The topological polar surface area (TPSA) is 91.8 Å². The Bertz CT molecular complexity index is 1340. The molecule has 0 radical (unpaired) electrons. The van der Waals surface area contributed by atoms with E-state index in [4.69, 9.17) is 9.47 Å².